The molecule has 1 aromatic carbocycles. The predicted molar refractivity (Wildman–Crippen MR) is 161 cm³/mol. The summed E-state index contributed by atoms with van der Waals surface area (Å²) in [6.45, 7) is 24.2. The van der Waals surface area contributed by atoms with Gasteiger partial charge in [0.2, 0.25) is 0 Å². The fourth-order valence-corrected chi connectivity index (χ4v) is 8.56. The van der Waals surface area contributed by atoms with E-state index in [9.17, 15) is 19.2 Å². The predicted octanol–water partition coefficient (Wildman–Crippen LogP) is 8.27. The monoisotopic (exact) mass is 544 g/mol. The second-order valence-electron chi connectivity index (χ2n) is 15.2. The number of allylic oxidation sites excluding steroid dienone is 4. The van der Waals surface area contributed by atoms with Crippen molar-refractivity contribution in [2.45, 2.75) is 121 Å². The Bertz CT molecular complexity index is 1430. The van der Waals surface area contributed by atoms with Gasteiger partial charge in [-0.15, -0.1) is 0 Å². The summed E-state index contributed by atoms with van der Waals surface area (Å²) in [4.78, 5) is 55.3. The highest BCUT2D eigenvalue weighted by Gasteiger charge is 2.63. The van der Waals surface area contributed by atoms with E-state index >= 15 is 0 Å². The Hall–Kier alpha value is -2.62. The minimum absolute atomic E-state index is 0.0468. The zero-order valence-corrected chi connectivity index (χ0v) is 26.8. The molecule has 0 heterocycles. The smallest absolute Gasteiger partial charge is 0.190 e. The van der Waals surface area contributed by atoms with E-state index < -0.39 is 16.2 Å². The first-order valence-corrected chi connectivity index (χ1v) is 14.9. The maximum Gasteiger partial charge on any atom is 0.190 e. The first-order chi connectivity index (χ1) is 18.2. The van der Waals surface area contributed by atoms with Crippen molar-refractivity contribution in [3.63, 3.8) is 0 Å². The summed E-state index contributed by atoms with van der Waals surface area (Å²) in [6.07, 6.45) is 3.14. The summed E-state index contributed by atoms with van der Waals surface area (Å²) in [6, 6.07) is 2.07. The molecule has 4 heteroatoms. The summed E-state index contributed by atoms with van der Waals surface area (Å²) in [5.74, 6) is 0.128. The van der Waals surface area contributed by atoms with Crippen LogP contribution in [-0.4, -0.2) is 23.1 Å². The molecule has 3 aliphatic carbocycles. The average molecular weight is 545 g/mol. The molecule has 0 aliphatic heterocycles. The SMILES string of the molecule is CC(=O)C1=C(C)CC2(C)CC3(C)Cc4c(C(=O)CCC(C)C)cc(C(C)(C)C)c(C)c4C(=O)C3=C(C)C2(C)C1=O. The molecular weight excluding hydrogens is 496 g/mol. The van der Waals surface area contributed by atoms with Crippen LogP contribution in [0.4, 0.5) is 0 Å². The molecule has 0 saturated heterocycles. The molecule has 40 heavy (non-hydrogen) atoms. The van der Waals surface area contributed by atoms with Gasteiger partial charge >= 0.3 is 0 Å². The number of rotatable bonds is 5. The lowest BCUT2D eigenvalue weighted by molar-refractivity contribution is -0.134. The first-order valence-electron chi connectivity index (χ1n) is 14.9. The van der Waals surface area contributed by atoms with E-state index in [2.05, 4.69) is 54.5 Å². The van der Waals surface area contributed by atoms with Crippen LogP contribution in [0.15, 0.2) is 28.4 Å². The molecular formula is C36H48O4. The van der Waals surface area contributed by atoms with Crippen LogP contribution >= 0.6 is 0 Å². The van der Waals surface area contributed by atoms with Crippen molar-refractivity contribution < 1.29 is 19.2 Å². The lowest BCUT2D eigenvalue weighted by Crippen LogP contribution is -2.57. The van der Waals surface area contributed by atoms with Crippen molar-refractivity contribution in [3.05, 3.63) is 56.2 Å². The third-order valence-electron chi connectivity index (χ3n) is 10.6. The van der Waals surface area contributed by atoms with E-state index in [0.717, 1.165) is 34.3 Å². The molecule has 0 bridgehead atoms. The Morgan fingerprint density at radius 2 is 1.60 bits per heavy atom. The largest absolute Gasteiger partial charge is 0.294 e. The quantitative estimate of drug-likeness (QED) is 0.276. The highest BCUT2D eigenvalue weighted by molar-refractivity contribution is 6.24. The Labute approximate surface area is 241 Å². The van der Waals surface area contributed by atoms with Crippen molar-refractivity contribution >= 4 is 23.1 Å². The van der Waals surface area contributed by atoms with Gasteiger partial charge in [0.05, 0.1) is 11.0 Å². The zero-order valence-electron chi connectivity index (χ0n) is 26.8. The minimum atomic E-state index is -0.943. The number of hydrogen-bond donors (Lipinski definition) is 0. The third-order valence-corrected chi connectivity index (χ3v) is 10.6. The summed E-state index contributed by atoms with van der Waals surface area (Å²) < 4.78 is 0. The van der Waals surface area contributed by atoms with Crippen molar-refractivity contribution in [2.24, 2.45) is 22.2 Å². The Morgan fingerprint density at radius 1 is 1.00 bits per heavy atom. The van der Waals surface area contributed by atoms with E-state index in [1.807, 2.05) is 27.7 Å². The van der Waals surface area contributed by atoms with Gasteiger partial charge in [-0.2, -0.15) is 0 Å². The number of fused-ring (bicyclic) bond motifs is 3. The van der Waals surface area contributed by atoms with Gasteiger partial charge in [0, 0.05) is 28.5 Å². The summed E-state index contributed by atoms with van der Waals surface area (Å²) in [5, 5.41) is 0. The fourth-order valence-electron chi connectivity index (χ4n) is 8.56. The van der Waals surface area contributed by atoms with E-state index in [1.165, 1.54) is 6.92 Å². The lowest BCUT2D eigenvalue weighted by atomic mass is 9.42. The van der Waals surface area contributed by atoms with Crippen LogP contribution in [-0.2, 0) is 21.4 Å². The number of carbonyl (C=O) groups is 4. The molecule has 4 rings (SSSR count). The van der Waals surface area contributed by atoms with Gasteiger partial charge in [-0.05, 0) is 99.8 Å². The van der Waals surface area contributed by atoms with Crippen LogP contribution in [0.2, 0.25) is 0 Å². The first kappa shape index (κ1) is 30.3. The van der Waals surface area contributed by atoms with Gasteiger partial charge in [0.1, 0.15) is 0 Å². The molecule has 0 aromatic heterocycles. The zero-order chi connectivity index (χ0) is 30.3. The van der Waals surface area contributed by atoms with Crippen LogP contribution in [0.5, 0.6) is 0 Å². The van der Waals surface area contributed by atoms with Crippen molar-refractivity contribution in [1.82, 2.24) is 0 Å². The average Bonchev–Trinajstić information content (AvgIpc) is 2.78. The van der Waals surface area contributed by atoms with Crippen LogP contribution in [0, 0.1) is 29.1 Å². The van der Waals surface area contributed by atoms with Crippen LogP contribution in [0.25, 0.3) is 0 Å². The van der Waals surface area contributed by atoms with Gasteiger partial charge in [-0.1, -0.05) is 59.6 Å². The molecule has 3 aliphatic rings. The minimum Gasteiger partial charge on any atom is -0.294 e. The Kier molecular flexibility index (Phi) is 7.18. The number of Topliss-reactive ketones (excluding diaryl/α,β-unsaturated/α-hetero) is 4. The maximum absolute atomic E-state index is 14.8. The van der Waals surface area contributed by atoms with E-state index in [-0.39, 0.29) is 28.5 Å². The number of benzene rings is 1. The van der Waals surface area contributed by atoms with E-state index in [1.54, 1.807) is 0 Å². The Morgan fingerprint density at radius 3 is 2.12 bits per heavy atom. The molecule has 4 nitrogen and oxygen atoms in total. The van der Waals surface area contributed by atoms with Gasteiger partial charge in [-0.25, -0.2) is 0 Å². The molecule has 0 radical (unpaired) electrons. The molecule has 0 amide bonds. The van der Waals surface area contributed by atoms with Gasteiger partial charge in [0.25, 0.3) is 0 Å². The summed E-state index contributed by atoms with van der Waals surface area (Å²) >= 11 is 0. The van der Waals surface area contributed by atoms with Gasteiger partial charge in [0.15, 0.2) is 23.1 Å². The van der Waals surface area contributed by atoms with Crippen molar-refractivity contribution in [2.75, 3.05) is 0 Å². The maximum atomic E-state index is 14.8. The third kappa shape index (κ3) is 4.23. The summed E-state index contributed by atoms with van der Waals surface area (Å²) in [7, 11) is 0. The molecule has 3 unspecified atom stereocenters. The number of carbonyl (C=O) groups excluding carboxylic acids is 4. The molecule has 3 atom stereocenters. The second kappa shape index (κ2) is 9.46. The summed E-state index contributed by atoms with van der Waals surface area (Å²) in [5.41, 5.74) is 4.69. The topological polar surface area (TPSA) is 68.3 Å². The molecule has 0 fully saturated rings. The van der Waals surface area contributed by atoms with Crippen LogP contribution < -0.4 is 0 Å². The van der Waals surface area contributed by atoms with Crippen LogP contribution in [0.3, 0.4) is 0 Å². The number of ketones is 4. The highest BCUT2D eigenvalue weighted by Crippen LogP contribution is 2.66. The van der Waals surface area contributed by atoms with Gasteiger partial charge in [-0.3, -0.25) is 19.2 Å². The molecule has 0 saturated carbocycles. The molecule has 1 aromatic rings. The Balaban J connectivity index is 2.02. The molecule has 216 valence electrons. The van der Waals surface area contributed by atoms with Gasteiger partial charge < -0.3 is 0 Å². The van der Waals surface area contributed by atoms with Crippen LogP contribution in [0.1, 0.15) is 139 Å². The normalized spacial score (nSPS) is 28.5. The number of hydrogen-bond acceptors (Lipinski definition) is 4. The van der Waals surface area contributed by atoms with Crippen molar-refractivity contribution in [3.8, 4) is 0 Å². The van der Waals surface area contributed by atoms with E-state index in [4.69, 9.17) is 0 Å². The standard InChI is InChI=1S/C36H48O4/c1-19(2)13-14-27(38)24-15-26(33(7,8)9)21(4)29-25(24)17-34(10)18-35(11)16-20(3)28(23(6)37)32(40)36(35,12)22(5)30(34)31(29)39/h15,19H,13-14,16-18H2,1-12H3. The molecule has 0 N–H and O–H groups in total. The lowest BCUT2D eigenvalue weighted by Gasteiger charge is -2.59. The second-order valence-corrected chi connectivity index (χ2v) is 15.2. The van der Waals surface area contributed by atoms with Crippen molar-refractivity contribution in [1.29, 1.82) is 0 Å². The fraction of sp³-hybridized carbons (Fsp3) is 0.611. The molecule has 0 spiro atoms. The highest BCUT2D eigenvalue weighted by atomic mass is 16.2. The van der Waals surface area contributed by atoms with E-state index in [0.29, 0.717) is 53.9 Å².